The largest absolute Gasteiger partial charge is 2.00 e. The zero-order valence-corrected chi connectivity index (χ0v) is 19.1. The van der Waals surface area contributed by atoms with Crippen LogP contribution in [0.5, 0.6) is 0 Å². The van der Waals surface area contributed by atoms with Gasteiger partial charge in [-0.05, 0) is 104 Å². The summed E-state index contributed by atoms with van der Waals surface area (Å²) in [6.07, 6.45) is 11.5. The van der Waals surface area contributed by atoms with Gasteiger partial charge in [-0.15, -0.1) is 6.10 Å². The minimum Gasteiger partial charge on any atom is -0.852 e. The molecule has 0 heterocycles. The van der Waals surface area contributed by atoms with Gasteiger partial charge >= 0.3 is 17.1 Å². The zero-order valence-electron chi connectivity index (χ0n) is 17.9. The molecule has 4 heteroatoms. The van der Waals surface area contributed by atoms with Crippen LogP contribution in [0.2, 0.25) is 0 Å². The van der Waals surface area contributed by atoms with E-state index in [9.17, 15) is 15.0 Å². The fourth-order valence-electron chi connectivity index (χ4n) is 8.74. The quantitative estimate of drug-likeness (QED) is 0.642. The van der Waals surface area contributed by atoms with E-state index in [0.717, 1.165) is 43.4 Å². The monoisotopic (exact) mass is 429 g/mol. The van der Waals surface area contributed by atoms with Crippen molar-refractivity contribution in [2.45, 2.75) is 97.5 Å². The van der Waals surface area contributed by atoms with Gasteiger partial charge in [0.25, 0.3) is 0 Å². The first-order valence-electron chi connectivity index (χ1n) is 11.6. The molecule has 0 spiro atoms. The number of aliphatic carboxylic acids is 1. The average Bonchev–Trinajstić information content (AvgIpc) is 2.97. The van der Waals surface area contributed by atoms with Crippen LogP contribution in [0.1, 0.15) is 91.4 Å². The summed E-state index contributed by atoms with van der Waals surface area (Å²) in [5.74, 6) is 3.40. The van der Waals surface area contributed by atoms with Crippen LogP contribution in [0.15, 0.2) is 0 Å². The molecule has 9 atom stereocenters. The molecule has 1 radical (unpaired) electrons. The van der Waals surface area contributed by atoms with Crippen molar-refractivity contribution in [1.82, 2.24) is 0 Å². The number of carboxylic acids is 1. The predicted molar refractivity (Wildman–Crippen MR) is 102 cm³/mol. The van der Waals surface area contributed by atoms with Gasteiger partial charge in [0.15, 0.2) is 0 Å². The summed E-state index contributed by atoms with van der Waals surface area (Å²) in [7, 11) is 0. The van der Waals surface area contributed by atoms with Crippen molar-refractivity contribution in [3.8, 4) is 0 Å². The molecule has 4 rings (SSSR count). The Labute approximate surface area is 181 Å². The smallest absolute Gasteiger partial charge is 0.852 e. The topological polar surface area (TPSA) is 63.2 Å². The van der Waals surface area contributed by atoms with Gasteiger partial charge in [0.2, 0.25) is 0 Å². The third-order valence-electron chi connectivity index (χ3n) is 10.2. The number of hydrogen-bond donors (Lipinski definition) is 0. The maximum atomic E-state index is 12.1. The first-order chi connectivity index (χ1) is 12.8. The Morgan fingerprint density at radius 2 is 1.68 bits per heavy atom. The van der Waals surface area contributed by atoms with Crippen molar-refractivity contribution in [2.75, 3.05) is 0 Å². The molecule has 0 N–H and O–H groups in total. The Hall–Kier alpha value is -0.0505. The molecule has 0 amide bonds. The standard InChI is InChI=1S/C24H39O3.Mn/c1-15(4-9-22(26)27)19-7-8-20-18-6-5-16-14-17(25)10-12-23(16,2)21(18)11-13-24(19,20)3;/h15-21H,4-14H2,1-3H3,(H,26,27);/q-1;+2/p-1/t15-,16?,17-,18+,19-,20+,21+,23+,24-;/m1./s1. The van der Waals surface area contributed by atoms with Gasteiger partial charge in [-0.1, -0.05) is 33.6 Å². The number of carbonyl (C=O) groups is 1. The van der Waals surface area contributed by atoms with Crippen molar-refractivity contribution < 1.29 is 32.1 Å². The van der Waals surface area contributed by atoms with Gasteiger partial charge < -0.3 is 15.0 Å². The molecule has 4 saturated carbocycles. The Kier molecular flexibility index (Phi) is 6.65. The Morgan fingerprint density at radius 1 is 1.00 bits per heavy atom. The molecule has 4 fully saturated rings. The summed E-state index contributed by atoms with van der Waals surface area (Å²) in [6.45, 7) is 7.34. The summed E-state index contributed by atoms with van der Waals surface area (Å²) in [5.41, 5.74) is 0.801. The fraction of sp³-hybridized carbons (Fsp3) is 0.958. The van der Waals surface area contributed by atoms with E-state index in [1.54, 1.807) is 0 Å². The number of rotatable bonds is 4. The summed E-state index contributed by atoms with van der Waals surface area (Å²) in [4.78, 5) is 10.9. The average molecular weight is 430 g/mol. The third kappa shape index (κ3) is 3.60. The van der Waals surface area contributed by atoms with Crippen LogP contribution in [0.4, 0.5) is 0 Å². The van der Waals surface area contributed by atoms with Crippen LogP contribution in [0.3, 0.4) is 0 Å². The molecular weight excluding hydrogens is 391 g/mol. The molecule has 0 aromatic heterocycles. The van der Waals surface area contributed by atoms with E-state index in [2.05, 4.69) is 20.8 Å². The van der Waals surface area contributed by atoms with Crippen molar-refractivity contribution in [2.24, 2.45) is 46.3 Å². The van der Waals surface area contributed by atoms with Gasteiger partial charge in [-0.2, -0.15) is 0 Å². The van der Waals surface area contributed by atoms with Gasteiger partial charge in [-0.25, -0.2) is 0 Å². The summed E-state index contributed by atoms with van der Waals surface area (Å²) in [6, 6.07) is 0. The van der Waals surface area contributed by atoms with E-state index in [0.29, 0.717) is 28.6 Å². The maximum absolute atomic E-state index is 12.1. The van der Waals surface area contributed by atoms with Crippen LogP contribution in [0, 0.1) is 46.3 Å². The molecule has 4 aliphatic carbocycles. The van der Waals surface area contributed by atoms with E-state index in [1.807, 2.05) is 0 Å². The van der Waals surface area contributed by atoms with Crippen molar-refractivity contribution in [1.29, 1.82) is 0 Å². The molecule has 0 saturated heterocycles. The van der Waals surface area contributed by atoms with Crippen LogP contribution < -0.4 is 10.2 Å². The number of carboxylic acid groups (broad SMARTS) is 1. The van der Waals surface area contributed by atoms with E-state index in [4.69, 9.17) is 0 Å². The Balaban J connectivity index is 0.00000225. The molecule has 0 aromatic rings. The van der Waals surface area contributed by atoms with Crippen molar-refractivity contribution >= 4 is 5.97 Å². The third-order valence-corrected chi connectivity index (χ3v) is 10.2. The molecule has 3 nitrogen and oxygen atoms in total. The second kappa shape index (κ2) is 8.23. The fourth-order valence-corrected chi connectivity index (χ4v) is 8.74. The van der Waals surface area contributed by atoms with Gasteiger partial charge in [0, 0.05) is 5.97 Å². The van der Waals surface area contributed by atoms with E-state index >= 15 is 0 Å². The molecule has 0 bridgehead atoms. The van der Waals surface area contributed by atoms with E-state index in [-0.39, 0.29) is 29.6 Å². The predicted octanol–water partition coefficient (Wildman–Crippen LogP) is 3.54. The molecule has 1 unspecified atom stereocenters. The molecular formula is C24H38MnO3. The van der Waals surface area contributed by atoms with Crippen LogP contribution in [-0.4, -0.2) is 12.1 Å². The first-order valence-corrected chi connectivity index (χ1v) is 11.6. The van der Waals surface area contributed by atoms with Crippen molar-refractivity contribution in [3.05, 3.63) is 0 Å². The molecule has 4 aliphatic rings. The Morgan fingerprint density at radius 3 is 2.39 bits per heavy atom. The maximum Gasteiger partial charge on any atom is 2.00 e. The van der Waals surface area contributed by atoms with Gasteiger partial charge in [0.1, 0.15) is 0 Å². The second-order valence-electron chi connectivity index (χ2n) is 11.2. The summed E-state index contributed by atoms with van der Waals surface area (Å²) < 4.78 is 0. The Bertz CT molecular complexity index is 580. The molecule has 0 aliphatic heterocycles. The zero-order chi connectivity index (χ0) is 19.4. The molecule has 0 aromatic carbocycles. The summed E-state index contributed by atoms with van der Waals surface area (Å²) in [5, 5.41) is 23.0. The number of carbonyl (C=O) groups excluding carboxylic acids is 1. The first kappa shape index (κ1) is 22.6. The van der Waals surface area contributed by atoms with Crippen LogP contribution in [-0.2, 0) is 21.9 Å². The number of fused-ring (bicyclic) bond motifs is 5. The molecule has 28 heavy (non-hydrogen) atoms. The second-order valence-corrected chi connectivity index (χ2v) is 11.2. The normalized spacial score (nSPS) is 48.6. The SMILES string of the molecule is C[C@H](CCC(=O)[O-])[C@H]1CC[C@H]2[C@@H]3CCC4C[C@H]([O-])CC[C@]4(C)[C@H]3CC[C@]12C.[Mn+2]. The molecule has 159 valence electrons. The van der Waals surface area contributed by atoms with Crippen LogP contribution in [0.25, 0.3) is 0 Å². The van der Waals surface area contributed by atoms with Gasteiger partial charge in [-0.3, -0.25) is 0 Å². The van der Waals surface area contributed by atoms with E-state index in [1.165, 1.54) is 38.5 Å². The van der Waals surface area contributed by atoms with Gasteiger partial charge in [0.05, 0.1) is 0 Å². The minimum absolute atomic E-state index is 0. The van der Waals surface area contributed by atoms with Crippen LogP contribution >= 0.6 is 0 Å². The number of hydrogen-bond acceptors (Lipinski definition) is 3. The van der Waals surface area contributed by atoms with Crippen molar-refractivity contribution in [3.63, 3.8) is 0 Å². The summed E-state index contributed by atoms with van der Waals surface area (Å²) >= 11 is 0. The van der Waals surface area contributed by atoms with E-state index < -0.39 is 5.97 Å². The minimum atomic E-state index is -0.898.